The van der Waals surface area contributed by atoms with Crippen LogP contribution in [0.4, 0.5) is 0 Å². The highest BCUT2D eigenvalue weighted by molar-refractivity contribution is 6.31. The summed E-state index contributed by atoms with van der Waals surface area (Å²) in [5.41, 5.74) is 1.91. The first-order valence-electron chi connectivity index (χ1n) is 8.73. The number of rotatable bonds is 2. The highest BCUT2D eigenvalue weighted by Gasteiger charge is 2.56. The van der Waals surface area contributed by atoms with E-state index in [4.69, 9.17) is 21.1 Å². The number of phenolic OH excluding ortho intramolecular Hbond substituents is 1. The quantitative estimate of drug-likeness (QED) is 0.611. The fraction of sp³-hybridized carbons (Fsp3) is 0.526. The lowest BCUT2D eigenvalue weighted by Gasteiger charge is -2.57. The van der Waals surface area contributed by atoms with Crippen LogP contribution in [0.3, 0.4) is 0 Å². The fourth-order valence-corrected chi connectivity index (χ4v) is 5.43. The standard InChI is InChI=1S/C19H23ClN2O4/c1-22-5-4-19-9-13(21-24)15(25-2)7-11(19)14(22)6-10-12(20)8-16(26-3)18(23)17(10)19/h7-8,11,14,23-24H,4-6,9H2,1-3H3/b21-13-/t11-,14+,19-/m0/s1. The Morgan fingerprint density at radius 2 is 2.12 bits per heavy atom. The van der Waals surface area contributed by atoms with Crippen molar-refractivity contribution in [3.8, 4) is 11.5 Å². The van der Waals surface area contributed by atoms with E-state index in [9.17, 15) is 10.3 Å². The van der Waals surface area contributed by atoms with Gasteiger partial charge in [-0.05, 0) is 38.1 Å². The smallest absolute Gasteiger partial charge is 0.162 e. The van der Waals surface area contributed by atoms with Gasteiger partial charge in [0.05, 0.1) is 14.2 Å². The van der Waals surface area contributed by atoms with Gasteiger partial charge in [-0.15, -0.1) is 0 Å². The van der Waals surface area contributed by atoms with E-state index in [1.54, 1.807) is 13.2 Å². The van der Waals surface area contributed by atoms with Gasteiger partial charge in [0.2, 0.25) is 0 Å². The van der Waals surface area contributed by atoms with E-state index in [0.29, 0.717) is 28.7 Å². The van der Waals surface area contributed by atoms with Crippen molar-refractivity contribution >= 4 is 17.3 Å². The molecule has 3 aliphatic rings. The number of fused-ring (bicyclic) bond motifs is 1. The second-order valence-electron chi connectivity index (χ2n) is 7.41. The van der Waals surface area contributed by atoms with Crippen molar-refractivity contribution in [3.05, 3.63) is 34.1 Å². The summed E-state index contributed by atoms with van der Waals surface area (Å²) in [5, 5.41) is 24.6. The lowest BCUT2D eigenvalue weighted by molar-refractivity contribution is 0.0520. The summed E-state index contributed by atoms with van der Waals surface area (Å²) < 4.78 is 10.8. The van der Waals surface area contributed by atoms with Crippen LogP contribution in [0.2, 0.25) is 5.02 Å². The highest BCUT2D eigenvalue weighted by atomic mass is 35.5. The molecule has 0 spiro atoms. The number of likely N-dealkylation sites (tertiary alicyclic amines) is 1. The number of piperidine rings is 1. The Balaban J connectivity index is 2.02. The number of benzene rings is 1. The lowest BCUT2D eigenvalue weighted by Crippen LogP contribution is -2.60. The highest BCUT2D eigenvalue weighted by Crippen LogP contribution is 2.59. The number of nitrogens with zero attached hydrogens (tertiary/aromatic N) is 2. The molecule has 140 valence electrons. The largest absolute Gasteiger partial charge is 0.504 e. The topological polar surface area (TPSA) is 74.5 Å². The summed E-state index contributed by atoms with van der Waals surface area (Å²) in [4.78, 5) is 2.34. The number of oxime groups is 1. The molecule has 26 heavy (non-hydrogen) atoms. The molecular weight excluding hydrogens is 356 g/mol. The fourth-order valence-electron chi connectivity index (χ4n) is 5.16. The van der Waals surface area contributed by atoms with Crippen molar-refractivity contribution in [2.24, 2.45) is 11.1 Å². The summed E-state index contributed by atoms with van der Waals surface area (Å²) in [6, 6.07) is 1.93. The van der Waals surface area contributed by atoms with E-state index in [-0.39, 0.29) is 17.7 Å². The SMILES string of the molecule is COC1=C[C@H]2[C@H]3Cc4c(Cl)cc(OC)c(O)c4[C@@]2(CCN3C)C/C1=N/O. The Bertz CT molecular complexity index is 822. The number of allylic oxidation sites excluding steroid dienone is 1. The Morgan fingerprint density at radius 1 is 1.35 bits per heavy atom. The molecule has 2 aliphatic carbocycles. The first kappa shape index (κ1) is 17.5. The molecule has 3 atom stereocenters. The Morgan fingerprint density at radius 3 is 2.77 bits per heavy atom. The van der Waals surface area contributed by atoms with Gasteiger partial charge in [0, 0.05) is 40.4 Å². The molecule has 1 fully saturated rings. The Hall–Kier alpha value is -1.92. The zero-order valence-corrected chi connectivity index (χ0v) is 15.9. The molecule has 4 rings (SSSR count). The summed E-state index contributed by atoms with van der Waals surface area (Å²) >= 11 is 6.58. The van der Waals surface area contributed by atoms with Gasteiger partial charge >= 0.3 is 0 Å². The van der Waals surface area contributed by atoms with Crippen LogP contribution in [0.15, 0.2) is 23.1 Å². The molecule has 1 aromatic carbocycles. The van der Waals surface area contributed by atoms with Gasteiger partial charge in [0.15, 0.2) is 11.5 Å². The summed E-state index contributed by atoms with van der Waals surface area (Å²) in [7, 11) is 5.23. The second-order valence-corrected chi connectivity index (χ2v) is 7.81. The maximum atomic E-state index is 11.0. The van der Waals surface area contributed by atoms with Crippen LogP contribution in [-0.4, -0.2) is 54.8 Å². The third-order valence-electron chi connectivity index (χ3n) is 6.42. The van der Waals surface area contributed by atoms with Crippen LogP contribution >= 0.6 is 11.6 Å². The summed E-state index contributed by atoms with van der Waals surface area (Å²) in [5.74, 6) is 1.25. The van der Waals surface area contributed by atoms with Crippen LogP contribution in [0.1, 0.15) is 24.0 Å². The Labute approximate surface area is 157 Å². The molecule has 2 bridgehead atoms. The first-order chi connectivity index (χ1) is 12.5. The minimum Gasteiger partial charge on any atom is -0.504 e. The molecule has 0 unspecified atom stereocenters. The third-order valence-corrected chi connectivity index (χ3v) is 6.75. The zero-order chi connectivity index (χ0) is 18.6. The molecule has 1 aliphatic heterocycles. The number of halogens is 1. The van der Waals surface area contributed by atoms with Crippen LogP contribution in [0.5, 0.6) is 11.5 Å². The van der Waals surface area contributed by atoms with Gasteiger partial charge in [-0.3, -0.25) is 0 Å². The van der Waals surface area contributed by atoms with Crippen molar-refractivity contribution in [2.75, 3.05) is 27.8 Å². The van der Waals surface area contributed by atoms with Crippen LogP contribution in [-0.2, 0) is 16.6 Å². The van der Waals surface area contributed by atoms with Crippen LogP contribution < -0.4 is 4.74 Å². The zero-order valence-electron chi connectivity index (χ0n) is 15.1. The number of phenols is 1. The van der Waals surface area contributed by atoms with Gasteiger partial charge in [0.25, 0.3) is 0 Å². The molecule has 7 heteroatoms. The molecule has 1 saturated heterocycles. The van der Waals surface area contributed by atoms with Gasteiger partial charge in [-0.25, -0.2) is 0 Å². The molecule has 1 aromatic rings. The second kappa shape index (κ2) is 6.06. The van der Waals surface area contributed by atoms with E-state index in [2.05, 4.69) is 23.2 Å². The molecule has 0 aromatic heterocycles. The van der Waals surface area contributed by atoms with Gasteiger partial charge in [-0.2, -0.15) is 0 Å². The maximum absolute atomic E-state index is 11.0. The molecule has 6 nitrogen and oxygen atoms in total. The minimum absolute atomic E-state index is 0.128. The van der Waals surface area contributed by atoms with E-state index in [1.807, 2.05) is 0 Å². The van der Waals surface area contributed by atoms with Gasteiger partial charge < -0.3 is 24.7 Å². The van der Waals surface area contributed by atoms with Crippen LogP contribution in [0.25, 0.3) is 0 Å². The Kier molecular flexibility index (Phi) is 4.08. The molecule has 0 amide bonds. The van der Waals surface area contributed by atoms with Crippen molar-refractivity contribution in [3.63, 3.8) is 0 Å². The van der Waals surface area contributed by atoms with E-state index in [1.165, 1.54) is 7.11 Å². The monoisotopic (exact) mass is 378 g/mol. The number of ether oxygens (including phenoxy) is 2. The molecule has 0 radical (unpaired) electrons. The van der Waals surface area contributed by atoms with Crippen LogP contribution in [0, 0.1) is 5.92 Å². The molecule has 1 heterocycles. The van der Waals surface area contributed by atoms with E-state index >= 15 is 0 Å². The third kappa shape index (κ3) is 2.18. The predicted molar refractivity (Wildman–Crippen MR) is 98.5 cm³/mol. The van der Waals surface area contributed by atoms with Gasteiger partial charge in [-0.1, -0.05) is 16.8 Å². The van der Waals surface area contributed by atoms with Gasteiger partial charge in [0.1, 0.15) is 11.5 Å². The first-order valence-corrected chi connectivity index (χ1v) is 9.10. The van der Waals surface area contributed by atoms with Crippen molar-refractivity contribution < 1.29 is 19.8 Å². The number of hydrogen-bond donors (Lipinski definition) is 2. The normalized spacial score (nSPS) is 31.8. The van der Waals surface area contributed by atoms with Crippen molar-refractivity contribution in [1.29, 1.82) is 0 Å². The number of methoxy groups -OCH3 is 2. The number of hydrogen-bond acceptors (Lipinski definition) is 6. The number of likely N-dealkylation sites (N-methyl/N-ethyl adjacent to an activating group) is 1. The minimum atomic E-state index is -0.392. The average Bonchev–Trinajstić information content (AvgIpc) is 2.65. The number of aromatic hydroxyl groups is 1. The molecular formula is C19H23ClN2O4. The predicted octanol–water partition coefficient (Wildman–Crippen LogP) is 2.93. The van der Waals surface area contributed by atoms with Crippen molar-refractivity contribution in [1.82, 2.24) is 4.90 Å². The summed E-state index contributed by atoms with van der Waals surface area (Å²) in [6.07, 6.45) is 4.10. The van der Waals surface area contributed by atoms with Crippen molar-refractivity contribution in [2.45, 2.75) is 30.7 Å². The molecule has 0 saturated carbocycles. The van der Waals surface area contributed by atoms with E-state index in [0.717, 1.165) is 30.5 Å². The summed E-state index contributed by atoms with van der Waals surface area (Å²) in [6.45, 7) is 0.893. The lowest BCUT2D eigenvalue weighted by atomic mass is 9.53. The maximum Gasteiger partial charge on any atom is 0.162 e. The average molecular weight is 379 g/mol. The van der Waals surface area contributed by atoms with E-state index < -0.39 is 5.41 Å². The molecule has 2 N–H and O–H groups in total.